The van der Waals surface area contributed by atoms with Crippen LogP contribution in [-0.2, 0) is 14.3 Å². The second-order valence-electron chi connectivity index (χ2n) is 5.25. The molecule has 1 fully saturated rings. The predicted molar refractivity (Wildman–Crippen MR) is 69.1 cm³/mol. The average molecular weight is 259 g/mol. The van der Waals surface area contributed by atoms with E-state index in [4.69, 9.17) is 4.74 Å². The number of likely N-dealkylation sites (tertiary alicyclic amines) is 1. The van der Waals surface area contributed by atoms with Gasteiger partial charge in [-0.1, -0.05) is 0 Å². The number of hydrogen-bond donors (Lipinski definition) is 1. The summed E-state index contributed by atoms with van der Waals surface area (Å²) in [6.45, 7) is 6.15. The van der Waals surface area contributed by atoms with E-state index in [1.54, 1.807) is 4.90 Å². The van der Waals surface area contributed by atoms with E-state index in [0.717, 1.165) is 6.42 Å². The Morgan fingerprint density at radius 3 is 2.59 bits per heavy atom. The third-order valence-corrected chi connectivity index (χ3v) is 2.80. The van der Waals surface area contributed by atoms with Crippen molar-refractivity contribution in [3.05, 3.63) is 0 Å². The van der Waals surface area contributed by atoms with Crippen molar-refractivity contribution in [3.63, 3.8) is 0 Å². The van der Waals surface area contributed by atoms with Crippen molar-refractivity contribution in [2.24, 2.45) is 0 Å². The van der Waals surface area contributed by atoms with Crippen LogP contribution in [-0.4, -0.2) is 40.7 Å². The molecule has 17 heavy (non-hydrogen) atoms. The van der Waals surface area contributed by atoms with E-state index in [0.29, 0.717) is 25.1 Å². The lowest BCUT2D eigenvalue weighted by molar-refractivity contribution is -0.163. The number of ether oxygens (including phenoxy) is 1. The lowest BCUT2D eigenvalue weighted by Crippen LogP contribution is -2.43. The van der Waals surface area contributed by atoms with E-state index in [2.05, 4.69) is 12.6 Å². The molecule has 0 aromatic heterocycles. The molecule has 0 saturated carbocycles. The molecule has 0 unspecified atom stereocenters. The molecule has 1 heterocycles. The van der Waals surface area contributed by atoms with Crippen molar-refractivity contribution in [3.8, 4) is 0 Å². The molecule has 5 heteroatoms. The Morgan fingerprint density at radius 2 is 2.06 bits per heavy atom. The molecule has 98 valence electrons. The first kappa shape index (κ1) is 14.4. The summed E-state index contributed by atoms with van der Waals surface area (Å²) in [4.78, 5) is 25.4. The minimum absolute atomic E-state index is 0.00615. The number of carbonyl (C=O) groups is 2. The maximum absolute atomic E-state index is 11.9. The molecule has 0 aliphatic carbocycles. The molecule has 0 radical (unpaired) electrons. The fraction of sp³-hybridized carbons (Fsp3) is 0.833. The largest absolute Gasteiger partial charge is 0.458 e. The Balaban J connectivity index is 2.63. The standard InChI is InChI=1S/C12H21NO3S/c1-12(2,3)16-11(15)9-5-4-7-13(9)10(14)6-8-17/h9,17H,4-8H2,1-3H3/t9-/m1/s1. The van der Waals surface area contributed by atoms with Crippen LogP contribution in [0, 0.1) is 0 Å². The van der Waals surface area contributed by atoms with Gasteiger partial charge in [-0.15, -0.1) is 0 Å². The van der Waals surface area contributed by atoms with Crippen molar-refractivity contribution in [1.29, 1.82) is 0 Å². The highest BCUT2D eigenvalue weighted by Crippen LogP contribution is 2.21. The molecule has 1 rings (SSSR count). The number of thiol groups is 1. The smallest absolute Gasteiger partial charge is 0.329 e. The van der Waals surface area contributed by atoms with Gasteiger partial charge in [0.15, 0.2) is 0 Å². The normalized spacial score (nSPS) is 20.5. The van der Waals surface area contributed by atoms with Crippen LogP contribution in [0.15, 0.2) is 0 Å². The van der Waals surface area contributed by atoms with E-state index in [1.807, 2.05) is 20.8 Å². The second-order valence-corrected chi connectivity index (χ2v) is 5.70. The van der Waals surface area contributed by atoms with Crippen LogP contribution >= 0.6 is 12.6 Å². The van der Waals surface area contributed by atoms with Crippen LogP contribution in [0.3, 0.4) is 0 Å². The van der Waals surface area contributed by atoms with E-state index in [9.17, 15) is 9.59 Å². The minimum Gasteiger partial charge on any atom is -0.458 e. The fourth-order valence-electron chi connectivity index (χ4n) is 1.92. The third kappa shape index (κ3) is 4.22. The Kier molecular flexibility index (Phi) is 4.86. The lowest BCUT2D eigenvalue weighted by Gasteiger charge is -2.27. The maximum Gasteiger partial charge on any atom is 0.329 e. The van der Waals surface area contributed by atoms with Gasteiger partial charge in [-0.25, -0.2) is 4.79 Å². The monoisotopic (exact) mass is 259 g/mol. The summed E-state index contributed by atoms with van der Waals surface area (Å²) >= 11 is 4.04. The number of hydrogen-bond acceptors (Lipinski definition) is 4. The maximum atomic E-state index is 11.9. The van der Waals surface area contributed by atoms with Crippen LogP contribution in [0.2, 0.25) is 0 Å². The highest BCUT2D eigenvalue weighted by molar-refractivity contribution is 7.80. The number of rotatable bonds is 3. The SMILES string of the molecule is CC(C)(C)OC(=O)[C@H]1CCCN1C(=O)CCS. The van der Waals surface area contributed by atoms with Crippen LogP contribution in [0.25, 0.3) is 0 Å². The summed E-state index contributed by atoms with van der Waals surface area (Å²) in [5.41, 5.74) is -0.502. The predicted octanol–water partition coefficient (Wildman–Crippen LogP) is 1.64. The summed E-state index contributed by atoms with van der Waals surface area (Å²) in [7, 11) is 0. The van der Waals surface area contributed by atoms with Gasteiger partial charge in [0.25, 0.3) is 0 Å². The molecule has 0 aromatic rings. The number of amides is 1. The average Bonchev–Trinajstić information content (AvgIpc) is 2.63. The first-order valence-electron chi connectivity index (χ1n) is 5.98. The van der Waals surface area contributed by atoms with Gasteiger partial charge in [0.1, 0.15) is 11.6 Å². The van der Waals surface area contributed by atoms with Crippen molar-refractivity contribution >= 4 is 24.5 Å². The molecular formula is C12H21NO3S. The lowest BCUT2D eigenvalue weighted by atomic mass is 10.1. The van der Waals surface area contributed by atoms with Crippen LogP contribution in [0.1, 0.15) is 40.0 Å². The number of carbonyl (C=O) groups excluding carboxylic acids is 2. The van der Waals surface area contributed by atoms with Crippen LogP contribution in [0.4, 0.5) is 0 Å². The first-order chi connectivity index (χ1) is 7.85. The Hall–Kier alpha value is -0.710. The van der Waals surface area contributed by atoms with Gasteiger partial charge >= 0.3 is 5.97 Å². The molecule has 0 aromatic carbocycles. The molecule has 0 bridgehead atoms. The Labute approximate surface area is 108 Å². The Bertz CT molecular complexity index is 299. The van der Waals surface area contributed by atoms with Gasteiger partial charge in [-0.2, -0.15) is 12.6 Å². The molecule has 1 aliphatic heterocycles. The van der Waals surface area contributed by atoms with Crippen molar-refractivity contribution in [2.75, 3.05) is 12.3 Å². The quantitative estimate of drug-likeness (QED) is 0.619. The molecule has 0 spiro atoms. The summed E-state index contributed by atoms with van der Waals surface area (Å²) in [6, 6.07) is -0.401. The highest BCUT2D eigenvalue weighted by atomic mass is 32.1. The zero-order valence-electron chi connectivity index (χ0n) is 10.7. The van der Waals surface area contributed by atoms with Crippen molar-refractivity contribution in [2.45, 2.75) is 51.7 Å². The molecule has 1 atom stereocenters. The third-order valence-electron chi connectivity index (χ3n) is 2.58. The molecule has 1 aliphatic rings. The van der Waals surface area contributed by atoms with E-state index in [1.165, 1.54) is 0 Å². The zero-order chi connectivity index (χ0) is 13.1. The van der Waals surface area contributed by atoms with Crippen LogP contribution in [0.5, 0.6) is 0 Å². The number of nitrogens with zero attached hydrogens (tertiary/aromatic N) is 1. The summed E-state index contributed by atoms with van der Waals surface area (Å²) in [6.07, 6.45) is 1.94. The van der Waals surface area contributed by atoms with Gasteiger partial charge in [0.05, 0.1) is 0 Å². The molecule has 4 nitrogen and oxygen atoms in total. The molecule has 1 saturated heterocycles. The van der Waals surface area contributed by atoms with E-state index in [-0.39, 0.29) is 11.9 Å². The minimum atomic E-state index is -0.502. The summed E-state index contributed by atoms with van der Waals surface area (Å²) in [5, 5.41) is 0. The summed E-state index contributed by atoms with van der Waals surface area (Å²) < 4.78 is 5.33. The van der Waals surface area contributed by atoms with Crippen LogP contribution < -0.4 is 0 Å². The Morgan fingerprint density at radius 1 is 1.41 bits per heavy atom. The van der Waals surface area contributed by atoms with E-state index >= 15 is 0 Å². The van der Waals surface area contributed by atoms with Gasteiger partial charge < -0.3 is 9.64 Å². The summed E-state index contributed by atoms with van der Waals surface area (Å²) in [5.74, 6) is 0.215. The first-order valence-corrected chi connectivity index (χ1v) is 6.61. The van der Waals surface area contributed by atoms with Crippen molar-refractivity contribution < 1.29 is 14.3 Å². The topological polar surface area (TPSA) is 46.6 Å². The van der Waals surface area contributed by atoms with E-state index < -0.39 is 11.6 Å². The van der Waals surface area contributed by atoms with Gasteiger partial charge in [0.2, 0.25) is 5.91 Å². The van der Waals surface area contributed by atoms with Gasteiger partial charge in [-0.05, 0) is 39.4 Å². The molecular weight excluding hydrogens is 238 g/mol. The van der Waals surface area contributed by atoms with Gasteiger partial charge in [0, 0.05) is 13.0 Å². The van der Waals surface area contributed by atoms with Crippen molar-refractivity contribution in [1.82, 2.24) is 4.90 Å². The molecule has 0 N–H and O–H groups in total. The highest BCUT2D eigenvalue weighted by Gasteiger charge is 2.36. The fourth-order valence-corrected chi connectivity index (χ4v) is 2.11. The number of esters is 1. The van der Waals surface area contributed by atoms with Gasteiger partial charge in [-0.3, -0.25) is 4.79 Å². The molecule has 1 amide bonds. The zero-order valence-corrected chi connectivity index (χ0v) is 11.6. The second kappa shape index (κ2) is 5.76.